The van der Waals surface area contributed by atoms with E-state index in [4.69, 9.17) is 11.5 Å². The minimum Gasteiger partial charge on any atom is -0.508 e. The van der Waals surface area contributed by atoms with E-state index in [1.807, 2.05) is 0 Å². The van der Waals surface area contributed by atoms with E-state index in [9.17, 15) is 15.2 Å². The zero-order valence-electron chi connectivity index (χ0n) is 12.9. The van der Waals surface area contributed by atoms with Crippen LogP contribution < -0.4 is 11.5 Å². The lowest BCUT2D eigenvalue weighted by Gasteiger charge is -2.16. The second-order valence-corrected chi connectivity index (χ2v) is 5.39. The average molecular weight is 318 g/mol. The van der Waals surface area contributed by atoms with Crippen molar-refractivity contribution in [3.05, 3.63) is 53.2 Å². The molecular weight excluding hydrogens is 304 g/mol. The van der Waals surface area contributed by atoms with Crippen LogP contribution in [0.5, 0.6) is 5.75 Å². The van der Waals surface area contributed by atoms with Gasteiger partial charge in [-0.25, -0.2) is 0 Å². The number of benzene rings is 2. The standard InChI is InChI=1S/C18H14N4O2/c1-9-11(3-2-4-14(9)23)16-15-10(8-19)5-6-22-13(15)7-12(17(16)20)18(21)24/h2-7,23H,20H2,1H3,(H2,21,24). The van der Waals surface area contributed by atoms with Gasteiger partial charge in [-0.3, -0.25) is 9.78 Å². The predicted octanol–water partition coefficient (Wildman–Crippen LogP) is 2.47. The Balaban J connectivity index is 2.58. The summed E-state index contributed by atoms with van der Waals surface area (Å²) in [6, 6.07) is 10.2. The smallest absolute Gasteiger partial charge is 0.250 e. The van der Waals surface area contributed by atoms with Gasteiger partial charge in [0.2, 0.25) is 0 Å². The van der Waals surface area contributed by atoms with Gasteiger partial charge in [-0.1, -0.05) is 12.1 Å². The summed E-state index contributed by atoms with van der Waals surface area (Å²) in [5, 5.41) is 20.0. The van der Waals surface area contributed by atoms with E-state index >= 15 is 0 Å². The Morgan fingerprint density at radius 2 is 2.08 bits per heavy atom. The zero-order chi connectivity index (χ0) is 17.4. The lowest BCUT2D eigenvalue weighted by molar-refractivity contribution is 0.100. The van der Waals surface area contributed by atoms with Gasteiger partial charge in [0, 0.05) is 17.1 Å². The number of phenolic OH excluding ortho intramolecular Hbond substituents is 1. The fourth-order valence-electron chi connectivity index (χ4n) is 2.81. The minimum atomic E-state index is -0.683. The third-order valence-electron chi connectivity index (χ3n) is 4.03. The highest BCUT2D eigenvalue weighted by molar-refractivity contribution is 6.12. The van der Waals surface area contributed by atoms with Gasteiger partial charge in [-0.15, -0.1) is 0 Å². The number of nitrogens with two attached hydrogens (primary N) is 2. The van der Waals surface area contributed by atoms with Gasteiger partial charge in [0.05, 0.1) is 28.4 Å². The summed E-state index contributed by atoms with van der Waals surface area (Å²) in [5.74, 6) is -0.593. The molecule has 0 aliphatic carbocycles. The second kappa shape index (κ2) is 5.56. The molecule has 24 heavy (non-hydrogen) atoms. The Kier molecular flexibility index (Phi) is 3.54. The molecule has 0 radical (unpaired) electrons. The van der Waals surface area contributed by atoms with Crippen molar-refractivity contribution in [2.75, 3.05) is 5.73 Å². The van der Waals surface area contributed by atoms with Gasteiger partial charge < -0.3 is 16.6 Å². The lowest BCUT2D eigenvalue weighted by Crippen LogP contribution is -2.14. The molecular formula is C18H14N4O2. The van der Waals surface area contributed by atoms with Crippen molar-refractivity contribution in [2.24, 2.45) is 5.73 Å². The molecule has 2 aromatic carbocycles. The number of nitrogens with zero attached hydrogens (tertiary/aromatic N) is 2. The van der Waals surface area contributed by atoms with Gasteiger partial charge in [0.15, 0.2) is 0 Å². The van der Waals surface area contributed by atoms with E-state index in [1.54, 1.807) is 31.2 Å². The first kappa shape index (κ1) is 15.3. The van der Waals surface area contributed by atoms with Crippen LogP contribution in [0.3, 0.4) is 0 Å². The monoisotopic (exact) mass is 318 g/mol. The molecule has 0 bridgehead atoms. The van der Waals surface area contributed by atoms with Gasteiger partial charge in [0.1, 0.15) is 5.75 Å². The molecule has 0 unspecified atom stereocenters. The number of aromatic nitrogens is 1. The number of rotatable bonds is 2. The fraction of sp³-hybridized carbons (Fsp3) is 0.0556. The van der Waals surface area contributed by atoms with E-state index in [2.05, 4.69) is 11.1 Å². The van der Waals surface area contributed by atoms with Gasteiger partial charge in [0.25, 0.3) is 5.91 Å². The maximum Gasteiger partial charge on any atom is 0.250 e. The summed E-state index contributed by atoms with van der Waals surface area (Å²) < 4.78 is 0. The topological polar surface area (TPSA) is 126 Å². The number of pyridine rings is 1. The van der Waals surface area contributed by atoms with Crippen molar-refractivity contribution >= 4 is 22.5 Å². The van der Waals surface area contributed by atoms with Crippen molar-refractivity contribution in [3.8, 4) is 22.9 Å². The molecule has 3 rings (SSSR count). The van der Waals surface area contributed by atoms with Gasteiger partial charge in [-0.05, 0) is 36.2 Å². The van der Waals surface area contributed by atoms with Crippen LogP contribution in [0.2, 0.25) is 0 Å². The molecule has 1 aromatic heterocycles. The van der Waals surface area contributed by atoms with E-state index in [0.29, 0.717) is 33.2 Å². The molecule has 0 aliphatic rings. The largest absolute Gasteiger partial charge is 0.508 e. The third-order valence-corrected chi connectivity index (χ3v) is 4.03. The highest BCUT2D eigenvalue weighted by Crippen LogP contribution is 2.40. The summed E-state index contributed by atoms with van der Waals surface area (Å²) >= 11 is 0. The first-order chi connectivity index (χ1) is 11.5. The van der Waals surface area contributed by atoms with Crippen molar-refractivity contribution in [2.45, 2.75) is 6.92 Å². The normalized spacial score (nSPS) is 10.5. The average Bonchev–Trinajstić information content (AvgIpc) is 2.56. The van der Waals surface area contributed by atoms with Crippen LogP contribution in [0.1, 0.15) is 21.5 Å². The number of fused-ring (bicyclic) bond motifs is 1. The lowest BCUT2D eigenvalue weighted by atomic mass is 9.90. The zero-order valence-corrected chi connectivity index (χ0v) is 12.9. The molecule has 118 valence electrons. The van der Waals surface area contributed by atoms with E-state index < -0.39 is 5.91 Å². The first-order valence-electron chi connectivity index (χ1n) is 7.15. The maximum atomic E-state index is 11.8. The van der Waals surface area contributed by atoms with Crippen molar-refractivity contribution in [1.82, 2.24) is 4.98 Å². The number of hydrogen-bond acceptors (Lipinski definition) is 5. The molecule has 0 saturated carbocycles. The molecule has 0 fully saturated rings. The Hall–Kier alpha value is -3.59. The molecule has 5 N–H and O–H groups in total. The van der Waals surface area contributed by atoms with E-state index in [1.165, 1.54) is 12.3 Å². The number of carbonyl (C=O) groups excluding carboxylic acids is 1. The quantitative estimate of drug-likeness (QED) is 0.626. The van der Waals surface area contributed by atoms with Crippen LogP contribution in [-0.4, -0.2) is 16.0 Å². The Morgan fingerprint density at radius 3 is 2.75 bits per heavy atom. The molecule has 3 aromatic rings. The molecule has 6 nitrogen and oxygen atoms in total. The van der Waals surface area contributed by atoms with Crippen LogP contribution in [0, 0.1) is 18.3 Å². The summed E-state index contributed by atoms with van der Waals surface area (Å²) in [6.07, 6.45) is 1.49. The van der Waals surface area contributed by atoms with Crippen LogP contribution >= 0.6 is 0 Å². The number of nitrogen functional groups attached to an aromatic ring is 1. The number of hydrogen-bond donors (Lipinski definition) is 3. The molecule has 0 spiro atoms. The van der Waals surface area contributed by atoms with Crippen molar-refractivity contribution in [1.29, 1.82) is 5.26 Å². The number of amides is 1. The Bertz CT molecular complexity index is 1040. The van der Waals surface area contributed by atoms with Crippen LogP contribution in [0.4, 0.5) is 5.69 Å². The summed E-state index contributed by atoms with van der Waals surface area (Å²) in [6.45, 7) is 1.73. The summed E-state index contributed by atoms with van der Waals surface area (Å²) in [4.78, 5) is 16.0. The molecule has 6 heteroatoms. The van der Waals surface area contributed by atoms with E-state index in [0.717, 1.165) is 0 Å². The highest BCUT2D eigenvalue weighted by Gasteiger charge is 2.20. The van der Waals surface area contributed by atoms with Gasteiger partial charge >= 0.3 is 0 Å². The maximum absolute atomic E-state index is 11.8. The number of primary amides is 1. The van der Waals surface area contributed by atoms with Crippen molar-refractivity contribution in [3.63, 3.8) is 0 Å². The fourth-order valence-corrected chi connectivity index (χ4v) is 2.81. The molecule has 0 aliphatic heterocycles. The SMILES string of the molecule is Cc1c(O)cccc1-c1c(N)c(C(N)=O)cc2nccc(C#N)c12. The number of nitriles is 1. The number of phenols is 1. The third kappa shape index (κ3) is 2.20. The Morgan fingerprint density at radius 1 is 1.33 bits per heavy atom. The second-order valence-electron chi connectivity index (χ2n) is 5.39. The first-order valence-corrected chi connectivity index (χ1v) is 7.15. The summed E-state index contributed by atoms with van der Waals surface area (Å²) in [5.41, 5.74) is 14.4. The summed E-state index contributed by atoms with van der Waals surface area (Å²) in [7, 11) is 0. The van der Waals surface area contributed by atoms with Crippen LogP contribution in [0.25, 0.3) is 22.0 Å². The molecule has 0 atom stereocenters. The Labute approximate surface area is 138 Å². The number of anilines is 1. The number of carbonyl (C=O) groups is 1. The van der Waals surface area contributed by atoms with Gasteiger partial charge in [-0.2, -0.15) is 5.26 Å². The predicted molar refractivity (Wildman–Crippen MR) is 91.2 cm³/mol. The molecule has 0 saturated heterocycles. The molecule has 1 heterocycles. The number of aromatic hydroxyl groups is 1. The minimum absolute atomic E-state index is 0.0897. The molecule has 1 amide bonds. The van der Waals surface area contributed by atoms with Crippen LogP contribution in [-0.2, 0) is 0 Å². The highest BCUT2D eigenvalue weighted by atomic mass is 16.3. The van der Waals surface area contributed by atoms with Crippen LogP contribution in [0.15, 0.2) is 36.5 Å². The van der Waals surface area contributed by atoms with E-state index in [-0.39, 0.29) is 17.0 Å². The van der Waals surface area contributed by atoms with Crippen molar-refractivity contribution < 1.29 is 9.90 Å².